The monoisotopic (exact) mass is 258 g/mol. The van der Waals surface area contributed by atoms with E-state index in [1.54, 1.807) is 31.5 Å². The number of nitro groups is 1. The maximum absolute atomic E-state index is 10.8. The first-order valence-electron chi connectivity index (χ1n) is 5.81. The fourth-order valence-electron chi connectivity index (χ4n) is 1.81. The van der Waals surface area contributed by atoms with Crippen molar-refractivity contribution in [2.24, 2.45) is 0 Å². The number of hydrogen-bond acceptors (Lipinski definition) is 5. The van der Waals surface area contributed by atoms with Gasteiger partial charge in [-0.1, -0.05) is 0 Å². The maximum atomic E-state index is 10.8. The summed E-state index contributed by atoms with van der Waals surface area (Å²) in [4.78, 5) is 18.3. The van der Waals surface area contributed by atoms with Crippen molar-refractivity contribution in [2.45, 2.75) is 20.4 Å². The van der Waals surface area contributed by atoms with Gasteiger partial charge in [-0.3, -0.25) is 10.1 Å². The molecule has 0 radical (unpaired) electrons. The highest BCUT2D eigenvalue weighted by molar-refractivity contribution is 5.59. The van der Waals surface area contributed by atoms with Gasteiger partial charge in [0.25, 0.3) is 5.69 Å². The Hall–Kier alpha value is -2.50. The van der Waals surface area contributed by atoms with E-state index < -0.39 is 0 Å². The van der Waals surface area contributed by atoms with Crippen molar-refractivity contribution in [1.29, 1.82) is 0 Å². The summed E-state index contributed by atoms with van der Waals surface area (Å²) >= 11 is 0. The molecule has 0 atom stereocenters. The van der Waals surface area contributed by atoms with Crippen molar-refractivity contribution in [3.8, 4) is 0 Å². The van der Waals surface area contributed by atoms with Crippen LogP contribution in [-0.4, -0.2) is 14.9 Å². The third-order valence-corrected chi connectivity index (χ3v) is 2.84. The van der Waals surface area contributed by atoms with Gasteiger partial charge < -0.3 is 5.32 Å². The molecular formula is C13H14N4O2. The van der Waals surface area contributed by atoms with E-state index in [9.17, 15) is 10.1 Å². The maximum Gasteiger partial charge on any atom is 0.272 e. The van der Waals surface area contributed by atoms with Crippen molar-refractivity contribution in [2.75, 3.05) is 5.32 Å². The molecule has 0 aliphatic heterocycles. The van der Waals surface area contributed by atoms with Crippen molar-refractivity contribution < 1.29 is 4.92 Å². The first-order valence-corrected chi connectivity index (χ1v) is 5.81. The number of rotatable bonds is 4. The van der Waals surface area contributed by atoms with Crippen LogP contribution in [0.3, 0.4) is 0 Å². The van der Waals surface area contributed by atoms with E-state index in [-0.39, 0.29) is 10.6 Å². The van der Waals surface area contributed by atoms with Gasteiger partial charge in [0.2, 0.25) is 0 Å². The van der Waals surface area contributed by atoms with E-state index in [2.05, 4.69) is 15.3 Å². The topological polar surface area (TPSA) is 81.0 Å². The third-order valence-electron chi connectivity index (χ3n) is 2.84. The highest BCUT2D eigenvalue weighted by Gasteiger charge is 2.13. The normalized spacial score (nSPS) is 10.2. The molecule has 1 aromatic carbocycles. The van der Waals surface area contributed by atoms with E-state index in [1.165, 1.54) is 6.33 Å². The number of nitrogens with one attached hydrogen (secondary N) is 1. The quantitative estimate of drug-likeness (QED) is 0.673. The van der Waals surface area contributed by atoms with Crippen molar-refractivity contribution in [3.63, 3.8) is 0 Å². The molecule has 0 unspecified atom stereocenters. The van der Waals surface area contributed by atoms with Crippen LogP contribution < -0.4 is 5.32 Å². The molecule has 0 aliphatic rings. The Bertz CT molecular complexity index is 599. The van der Waals surface area contributed by atoms with E-state index in [1.807, 2.05) is 6.92 Å². The summed E-state index contributed by atoms with van der Waals surface area (Å²) < 4.78 is 0. The molecule has 6 nitrogen and oxygen atoms in total. The first-order chi connectivity index (χ1) is 9.08. The number of benzene rings is 1. The van der Waals surface area contributed by atoms with Crippen LogP contribution in [0.5, 0.6) is 0 Å². The number of anilines is 1. The molecule has 1 heterocycles. The Kier molecular flexibility index (Phi) is 3.70. The molecule has 2 rings (SSSR count). The van der Waals surface area contributed by atoms with Crippen LogP contribution in [0.1, 0.15) is 16.7 Å². The van der Waals surface area contributed by atoms with E-state index in [0.29, 0.717) is 12.1 Å². The molecule has 2 aromatic rings. The van der Waals surface area contributed by atoms with Gasteiger partial charge in [0, 0.05) is 41.8 Å². The van der Waals surface area contributed by atoms with Gasteiger partial charge >= 0.3 is 0 Å². The minimum atomic E-state index is -0.364. The molecule has 0 fully saturated rings. The fourth-order valence-corrected chi connectivity index (χ4v) is 1.81. The predicted molar refractivity (Wildman–Crippen MR) is 71.9 cm³/mol. The summed E-state index contributed by atoms with van der Waals surface area (Å²) in [6.07, 6.45) is 4.94. The largest absolute Gasteiger partial charge is 0.381 e. The van der Waals surface area contributed by atoms with Crippen LogP contribution in [0.25, 0.3) is 0 Å². The Morgan fingerprint density at radius 3 is 2.53 bits per heavy atom. The molecule has 0 saturated heterocycles. The second-order valence-electron chi connectivity index (χ2n) is 4.31. The minimum Gasteiger partial charge on any atom is -0.381 e. The summed E-state index contributed by atoms with van der Waals surface area (Å²) in [6.45, 7) is 4.16. The highest BCUT2D eigenvalue weighted by Crippen LogP contribution is 2.26. The lowest BCUT2D eigenvalue weighted by Crippen LogP contribution is -2.03. The van der Waals surface area contributed by atoms with Crippen molar-refractivity contribution >= 4 is 11.4 Å². The second-order valence-corrected chi connectivity index (χ2v) is 4.31. The average molecular weight is 258 g/mol. The lowest BCUT2D eigenvalue weighted by molar-refractivity contribution is -0.385. The van der Waals surface area contributed by atoms with Crippen molar-refractivity contribution in [3.05, 3.63) is 57.7 Å². The van der Waals surface area contributed by atoms with Crippen LogP contribution in [0.15, 0.2) is 30.9 Å². The molecule has 0 saturated carbocycles. The highest BCUT2D eigenvalue weighted by atomic mass is 16.6. The van der Waals surface area contributed by atoms with E-state index in [0.717, 1.165) is 16.8 Å². The molecule has 98 valence electrons. The summed E-state index contributed by atoms with van der Waals surface area (Å²) in [5.74, 6) is 0. The lowest BCUT2D eigenvalue weighted by atomic mass is 10.1. The number of aryl methyl sites for hydroxylation is 2. The van der Waals surface area contributed by atoms with Crippen LogP contribution >= 0.6 is 0 Å². The second kappa shape index (κ2) is 5.43. The fraction of sp³-hybridized carbons (Fsp3) is 0.231. The number of nitro benzene ring substituents is 1. The summed E-state index contributed by atoms with van der Waals surface area (Å²) in [7, 11) is 0. The molecule has 1 aromatic heterocycles. The molecule has 6 heteroatoms. The zero-order valence-electron chi connectivity index (χ0n) is 10.8. The van der Waals surface area contributed by atoms with Crippen LogP contribution in [0.2, 0.25) is 0 Å². The minimum absolute atomic E-state index is 0.145. The number of aromatic nitrogens is 2. The van der Waals surface area contributed by atoms with Crippen LogP contribution in [0.4, 0.5) is 11.4 Å². The van der Waals surface area contributed by atoms with Gasteiger partial charge in [0.15, 0.2) is 0 Å². The summed E-state index contributed by atoms with van der Waals surface area (Å²) in [5, 5.41) is 14.1. The van der Waals surface area contributed by atoms with E-state index >= 15 is 0 Å². The summed E-state index contributed by atoms with van der Waals surface area (Å²) in [5.41, 5.74) is 3.47. The molecule has 1 N–H and O–H groups in total. The Balaban J connectivity index is 2.17. The van der Waals surface area contributed by atoms with Gasteiger partial charge in [0.05, 0.1) is 4.92 Å². The van der Waals surface area contributed by atoms with Gasteiger partial charge in [-0.25, -0.2) is 9.97 Å². The van der Waals surface area contributed by atoms with E-state index in [4.69, 9.17) is 0 Å². The van der Waals surface area contributed by atoms with Crippen molar-refractivity contribution in [1.82, 2.24) is 9.97 Å². The lowest BCUT2D eigenvalue weighted by Gasteiger charge is -2.10. The summed E-state index contributed by atoms with van der Waals surface area (Å²) in [6, 6.07) is 3.37. The number of hydrogen-bond donors (Lipinski definition) is 1. The zero-order chi connectivity index (χ0) is 13.8. The molecule has 0 bridgehead atoms. The third kappa shape index (κ3) is 3.04. The average Bonchev–Trinajstić information content (AvgIpc) is 2.40. The molecule has 19 heavy (non-hydrogen) atoms. The standard InChI is InChI=1S/C13H14N4O2/c1-9-4-13(17(18)19)10(2)3-12(9)16-7-11-5-14-8-15-6-11/h3-6,8,16H,7H2,1-2H3. The Labute approximate surface area is 110 Å². The molecule has 0 aliphatic carbocycles. The molecule has 0 amide bonds. The van der Waals surface area contributed by atoms with Gasteiger partial charge in [0.1, 0.15) is 6.33 Å². The number of nitrogens with zero attached hydrogens (tertiary/aromatic N) is 3. The zero-order valence-corrected chi connectivity index (χ0v) is 10.8. The SMILES string of the molecule is Cc1cc([N+](=O)[O-])c(C)cc1NCc1cncnc1. The molecule has 0 spiro atoms. The van der Waals surface area contributed by atoms with Gasteiger partial charge in [-0.15, -0.1) is 0 Å². The predicted octanol–water partition coefficient (Wildman–Crippen LogP) is 2.61. The smallest absolute Gasteiger partial charge is 0.272 e. The Morgan fingerprint density at radius 2 is 1.89 bits per heavy atom. The van der Waals surface area contributed by atoms with Gasteiger partial charge in [-0.2, -0.15) is 0 Å². The van der Waals surface area contributed by atoms with Crippen LogP contribution in [-0.2, 0) is 6.54 Å². The molecular weight excluding hydrogens is 244 g/mol. The van der Waals surface area contributed by atoms with Gasteiger partial charge in [-0.05, 0) is 25.5 Å². The Morgan fingerprint density at radius 1 is 1.21 bits per heavy atom. The van der Waals surface area contributed by atoms with Crippen LogP contribution in [0, 0.1) is 24.0 Å². The first kappa shape index (κ1) is 12.9.